The number of aliphatic hydroxyl groups is 1. The summed E-state index contributed by atoms with van der Waals surface area (Å²) in [6.45, 7) is 1.24. The van der Waals surface area contributed by atoms with Crippen LogP contribution in [0, 0.1) is 0 Å². The first-order valence-corrected chi connectivity index (χ1v) is 11.3. The molecule has 1 aliphatic carbocycles. The molecule has 0 saturated carbocycles. The first kappa shape index (κ1) is 21.1. The minimum atomic E-state index is 0.114. The van der Waals surface area contributed by atoms with E-state index in [1.807, 2.05) is 30.3 Å². The van der Waals surface area contributed by atoms with Gasteiger partial charge in [-0.05, 0) is 64.4 Å². The first-order chi connectivity index (χ1) is 16.3. The van der Waals surface area contributed by atoms with E-state index < -0.39 is 0 Å². The van der Waals surface area contributed by atoms with Crippen LogP contribution < -0.4 is 4.74 Å². The second kappa shape index (κ2) is 9.79. The summed E-state index contributed by atoms with van der Waals surface area (Å²) in [6.07, 6.45) is 4.94. The minimum absolute atomic E-state index is 0.114. The second-order valence-corrected chi connectivity index (χ2v) is 8.11. The minimum Gasteiger partial charge on any atom is -0.489 e. The quantitative estimate of drug-likeness (QED) is 0.432. The Hall–Kier alpha value is -3.77. The van der Waals surface area contributed by atoms with E-state index in [1.54, 1.807) is 0 Å². The lowest BCUT2D eigenvalue weighted by Gasteiger charge is -2.19. The van der Waals surface area contributed by atoms with Crippen molar-refractivity contribution in [1.29, 1.82) is 0 Å². The molecule has 33 heavy (non-hydrogen) atoms. The predicted octanol–water partition coefficient (Wildman–Crippen LogP) is 4.68. The van der Waals surface area contributed by atoms with Crippen molar-refractivity contribution in [1.82, 2.24) is 20.2 Å². The monoisotopic (exact) mass is 438 g/mol. The van der Waals surface area contributed by atoms with Crippen molar-refractivity contribution in [3.05, 3.63) is 101 Å². The Labute approximate surface area is 193 Å². The Morgan fingerprint density at radius 1 is 0.939 bits per heavy atom. The maximum Gasteiger partial charge on any atom is 0.204 e. The Morgan fingerprint density at radius 3 is 2.58 bits per heavy atom. The van der Waals surface area contributed by atoms with Crippen molar-refractivity contribution in [3.63, 3.8) is 0 Å². The van der Waals surface area contributed by atoms with E-state index in [4.69, 9.17) is 9.84 Å². The summed E-state index contributed by atoms with van der Waals surface area (Å²) in [7, 11) is 0. The number of allylic oxidation sites excluding steroid dienone is 1. The van der Waals surface area contributed by atoms with E-state index in [0.29, 0.717) is 25.4 Å². The summed E-state index contributed by atoms with van der Waals surface area (Å²) in [5.74, 6) is 1.50. The fourth-order valence-corrected chi connectivity index (χ4v) is 4.09. The van der Waals surface area contributed by atoms with E-state index in [0.717, 1.165) is 24.2 Å². The fraction of sp³-hybridized carbons (Fsp3) is 0.222. The molecule has 1 aliphatic rings. The third-order valence-corrected chi connectivity index (χ3v) is 5.80. The molecule has 6 heteroatoms. The number of fused-ring (bicyclic) bond motifs is 1. The van der Waals surface area contributed by atoms with Crippen LogP contribution in [0.1, 0.15) is 35.1 Å². The molecular formula is C27H26N4O2. The zero-order valence-corrected chi connectivity index (χ0v) is 18.4. The molecule has 0 unspecified atom stereocenters. The fourth-order valence-electron chi connectivity index (χ4n) is 4.09. The van der Waals surface area contributed by atoms with Gasteiger partial charge in [0.1, 0.15) is 12.4 Å². The molecule has 0 atom stereocenters. The van der Waals surface area contributed by atoms with Crippen molar-refractivity contribution >= 4 is 5.57 Å². The summed E-state index contributed by atoms with van der Waals surface area (Å²) < 4.78 is 6.04. The van der Waals surface area contributed by atoms with Crippen LogP contribution in [0.2, 0.25) is 0 Å². The summed E-state index contributed by atoms with van der Waals surface area (Å²) in [4.78, 5) is 1.52. The normalized spacial score (nSPS) is 12.8. The number of ether oxygens (including phenoxy) is 1. The highest BCUT2D eigenvalue weighted by molar-refractivity contribution is 5.83. The SMILES string of the molecule is OCCCn1nnc(-c2ccc(C3=CCCc4cc(OCc5ccccc5)ccc43)cc2)n1. The van der Waals surface area contributed by atoms with Crippen LogP contribution in [0.5, 0.6) is 5.75 Å². The topological polar surface area (TPSA) is 73.1 Å². The smallest absolute Gasteiger partial charge is 0.204 e. The van der Waals surface area contributed by atoms with E-state index in [1.165, 1.54) is 32.6 Å². The summed E-state index contributed by atoms with van der Waals surface area (Å²) in [5, 5.41) is 21.6. The molecular weight excluding hydrogens is 412 g/mol. The maximum atomic E-state index is 8.96. The van der Waals surface area contributed by atoms with Gasteiger partial charge in [-0.1, -0.05) is 66.7 Å². The van der Waals surface area contributed by atoms with E-state index in [-0.39, 0.29) is 6.61 Å². The van der Waals surface area contributed by atoms with Crippen LogP contribution in [0.15, 0.2) is 78.9 Å². The van der Waals surface area contributed by atoms with Gasteiger partial charge >= 0.3 is 0 Å². The molecule has 0 amide bonds. The lowest BCUT2D eigenvalue weighted by molar-refractivity contribution is 0.272. The molecule has 3 aromatic carbocycles. The number of rotatable bonds is 8. The molecule has 6 nitrogen and oxygen atoms in total. The van der Waals surface area contributed by atoms with Gasteiger partial charge in [0.25, 0.3) is 0 Å². The highest BCUT2D eigenvalue weighted by Gasteiger charge is 2.16. The largest absolute Gasteiger partial charge is 0.489 e. The molecule has 1 aromatic heterocycles. The molecule has 0 bridgehead atoms. The van der Waals surface area contributed by atoms with Crippen molar-refractivity contribution in [2.24, 2.45) is 0 Å². The molecule has 1 N–H and O–H groups in total. The van der Waals surface area contributed by atoms with Crippen LogP contribution in [-0.2, 0) is 19.6 Å². The summed E-state index contributed by atoms with van der Waals surface area (Å²) in [6, 6.07) is 24.9. The van der Waals surface area contributed by atoms with Crippen LogP contribution in [0.4, 0.5) is 0 Å². The average Bonchev–Trinajstić information content (AvgIpc) is 3.35. The average molecular weight is 439 g/mol. The number of aliphatic hydroxyl groups excluding tert-OH is 1. The highest BCUT2D eigenvalue weighted by Crippen LogP contribution is 2.34. The molecule has 4 aromatic rings. The summed E-state index contributed by atoms with van der Waals surface area (Å²) in [5.41, 5.74) is 7.08. The zero-order valence-electron chi connectivity index (χ0n) is 18.4. The van der Waals surface area contributed by atoms with Gasteiger partial charge in [-0.2, -0.15) is 4.80 Å². The van der Waals surface area contributed by atoms with Gasteiger partial charge in [-0.25, -0.2) is 0 Å². The Balaban J connectivity index is 1.31. The molecule has 0 fully saturated rings. The third kappa shape index (κ3) is 4.86. The Bertz CT molecular complexity index is 1250. The molecule has 5 rings (SSSR count). The maximum absolute atomic E-state index is 8.96. The van der Waals surface area contributed by atoms with Crippen LogP contribution >= 0.6 is 0 Å². The number of aryl methyl sites for hydroxylation is 2. The number of benzene rings is 3. The lowest BCUT2D eigenvalue weighted by atomic mass is 9.86. The molecule has 166 valence electrons. The summed E-state index contributed by atoms with van der Waals surface area (Å²) >= 11 is 0. The number of aromatic nitrogens is 4. The first-order valence-electron chi connectivity index (χ1n) is 11.3. The molecule has 0 radical (unpaired) electrons. The van der Waals surface area contributed by atoms with Crippen molar-refractivity contribution < 1.29 is 9.84 Å². The van der Waals surface area contributed by atoms with Gasteiger partial charge < -0.3 is 9.84 Å². The van der Waals surface area contributed by atoms with E-state index in [2.05, 4.69) is 64.0 Å². The van der Waals surface area contributed by atoms with Crippen molar-refractivity contribution in [2.75, 3.05) is 6.61 Å². The van der Waals surface area contributed by atoms with Crippen molar-refractivity contribution in [3.8, 4) is 17.1 Å². The van der Waals surface area contributed by atoms with Gasteiger partial charge in [-0.15, -0.1) is 10.2 Å². The number of tetrazole rings is 1. The predicted molar refractivity (Wildman–Crippen MR) is 128 cm³/mol. The number of hydrogen-bond donors (Lipinski definition) is 1. The number of nitrogens with zero attached hydrogens (tertiary/aromatic N) is 4. The second-order valence-electron chi connectivity index (χ2n) is 8.11. The van der Waals surface area contributed by atoms with Gasteiger partial charge in [-0.3, -0.25) is 0 Å². The molecule has 0 aliphatic heterocycles. The Kier molecular flexibility index (Phi) is 6.26. The van der Waals surface area contributed by atoms with E-state index in [9.17, 15) is 0 Å². The Morgan fingerprint density at radius 2 is 1.76 bits per heavy atom. The van der Waals surface area contributed by atoms with Gasteiger partial charge in [0.2, 0.25) is 5.82 Å². The number of hydrogen-bond acceptors (Lipinski definition) is 5. The van der Waals surface area contributed by atoms with Gasteiger partial charge in [0.05, 0.1) is 6.54 Å². The van der Waals surface area contributed by atoms with E-state index >= 15 is 0 Å². The van der Waals surface area contributed by atoms with Gasteiger partial charge in [0, 0.05) is 12.2 Å². The standard InChI is InChI=1S/C27H26N4O2/c32-17-5-16-31-29-27(28-30-31)22-12-10-21(11-13-22)25-9-4-8-23-18-24(14-15-26(23)25)33-19-20-6-2-1-3-7-20/h1-3,6-7,9-15,18,32H,4-5,8,16-17,19H2. The lowest BCUT2D eigenvalue weighted by Crippen LogP contribution is -2.04. The zero-order chi connectivity index (χ0) is 22.5. The molecule has 0 spiro atoms. The van der Waals surface area contributed by atoms with Crippen LogP contribution in [0.3, 0.4) is 0 Å². The van der Waals surface area contributed by atoms with Gasteiger partial charge in [0.15, 0.2) is 0 Å². The van der Waals surface area contributed by atoms with Crippen LogP contribution in [-0.4, -0.2) is 31.9 Å². The highest BCUT2D eigenvalue weighted by atomic mass is 16.5. The van der Waals surface area contributed by atoms with Crippen molar-refractivity contribution in [2.45, 2.75) is 32.4 Å². The molecule has 1 heterocycles. The van der Waals surface area contributed by atoms with Crippen LogP contribution in [0.25, 0.3) is 17.0 Å². The third-order valence-electron chi connectivity index (χ3n) is 5.80. The molecule has 0 saturated heterocycles.